The molecule has 0 N–H and O–H groups in total. The van der Waals surface area contributed by atoms with Crippen LogP contribution in [0.4, 0.5) is 17.9 Å². The second-order valence-corrected chi connectivity index (χ2v) is 0.857. The Bertz CT molecular complexity index is 23.0. The van der Waals surface area contributed by atoms with Crippen LogP contribution in [0.3, 0.4) is 0 Å². The molecule has 0 fully saturated rings. The van der Waals surface area contributed by atoms with Crippen LogP contribution in [0.25, 0.3) is 0 Å². The van der Waals surface area contributed by atoms with E-state index in [0.29, 0.717) is 0 Å². The molecule has 0 saturated carbocycles. The first-order valence-corrected chi connectivity index (χ1v) is 1.13. The van der Waals surface area contributed by atoms with Crippen molar-refractivity contribution in [3.05, 3.63) is 0 Å². The second kappa shape index (κ2) is 2.23. The molecule has 0 heterocycles. The van der Waals surface area contributed by atoms with Gasteiger partial charge in [0.15, 0.2) is 0 Å². The van der Waals surface area contributed by atoms with Gasteiger partial charge in [0, 0.05) is 0 Å². The number of halogens is 5. The average molecular weight is 124 g/mol. The van der Waals surface area contributed by atoms with Crippen LogP contribution in [0.2, 0.25) is 0 Å². The van der Waals surface area contributed by atoms with Gasteiger partial charge in [0.25, 0.3) is 0 Å². The Morgan fingerprint density at radius 2 is 1.17 bits per heavy atom. The van der Waals surface area contributed by atoms with Crippen LogP contribution in [0.15, 0.2) is 0 Å². The first-order chi connectivity index (χ1) is 2.00. The van der Waals surface area contributed by atoms with Crippen molar-refractivity contribution in [2.24, 2.45) is 0 Å². The summed E-state index contributed by atoms with van der Waals surface area (Å²) in [5.41, 5.74) is -4.53. The molecule has 0 unspecified atom stereocenters. The Hall–Kier alpha value is 0.01000. The van der Waals surface area contributed by atoms with Gasteiger partial charge in [0.1, 0.15) is 0 Å². The Kier molecular flexibility index (Phi) is 3.49. The smallest absolute Gasteiger partial charge is 0.269 e. The molecule has 0 spiro atoms. The van der Waals surface area contributed by atoms with Crippen molar-refractivity contribution in [1.82, 2.24) is 0 Å². The van der Waals surface area contributed by atoms with Crippen LogP contribution >= 0.6 is 11.6 Å². The number of hydrogen-bond donors (Lipinski definition) is 0. The normalized spacial score (nSPS) is 10.0. The van der Waals surface area contributed by atoms with Gasteiger partial charge in [-0.05, 0) is 11.6 Å². The van der Waals surface area contributed by atoms with Crippen molar-refractivity contribution in [3.63, 3.8) is 0 Å². The fourth-order valence-electron chi connectivity index (χ4n) is 0. The summed E-state index contributed by atoms with van der Waals surface area (Å²) in [6.45, 7) is 0. The molecule has 0 aromatic carbocycles. The highest BCUT2D eigenvalue weighted by molar-refractivity contribution is 6.20. The summed E-state index contributed by atoms with van der Waals surface area (Å²) in [5, 5.41) is 0. The molecule has 0 bridgehead atoms. The van der Waals surface area contributed by atoms with Crippen LogP contribution < -0.4 is 0 Å². The third-order valence-corrected chi connectivity index (χ3v) is 0. The Morgan fingerprint density at radius 3 is 1.17 bits per heavy atom. The van der Waals surface area contributed by atoms with E-state index in [4.69, 9.17) is 0 Å². The van der Waals surface area contributed by atoms with Gasteiger partial charge in [0.2, 0.25) is 0 Å². The zero-order chi connectivity index (χ0) is 4.50. The predicted octanol–water partition coefficient (Wildman–Crippen LogP) is 1.90. The summed E-state index contributed by atoms with van der Waals surface area (Å²) in [6, 6.07) is 0. The summed E-state index contributed by atoms with van der Waals surface area (Å²) < 4.78 is 30.4. The fraction of sp³-hybridized carbons (Fsp3) is 1.00. The summed E-state index contributed by atoms with van der Waals surface area (Å²) >= 11 is 3.53. The van der Waals surface area contributed by atoms with Gasteiger partial charge in [-0.1, -0.05) is 0 Å². The average Bonchev–Trinajstić information content (AvgIpc) is 0.722. The molecule has 0 atom stereocenters. The molecular weight excluding hydrogens is 123 g/mol. The summed E-state index contributed by atoms with van der Waals surface area (Å²) in [5.74, 6) is 0. The third-order valence-electron chi connectivity index (χ3n) is 0. The van der Waals surface area contributed by atoms with Crippen LogP contribution in [-0.2, 0) is 0 Å². The quantitative estimate of drug-likeness (QED) is 0.342. The molecule has 5 heteroatoms. The largest absolute Gasteiger partial charge is 0.475 e. The van der Waals surface area contributed by atoms with Crippen molar-refractivity contribution in [1.29, 1.82) is 0 Å². The van der Waals surface area contributed by atoms with Gasteiger partial charge in [-0.2, -0.15) is 13.2 Å². The lowest BCUT2D eigenvalue weighted by atomic mass is 11.6. The zero-order valence-electron chi connectivity index (χ0n) is 2.42. The van der Waals surface area contributed by atoms with E-state index in [2.05, 4.69) is 11.6 Å². The lowest BCUT2D eigenvalue weighted by Gasteiger charge is -1.84. The Labute approximate surface area is 36.3 Å². The fourth-order valence-corrected chi connectivity index (χ4v) is 0. The summed E-state index contributed by atoms with van der Waals surface area (Å²) in [6.07, 6.45) is 0. The van der Waals surface area contributed by atoms with E-state index >= 15 is 0 Å². The number of rotatable bonds is 0. The minimum absolute atomic E-state index is 0. The molecular formula is CHClF4. The van der Waals surface area contributed by atoms with Crippen LogP contribution in [-0.4, -0.2) is 5.64 Å². The van der Waals surface area contributed by atoms with Crippen molar-refractivity contribution in [2.45, 2.75) is 5.64 Å². The molecule has 6 heavy (non-hydrogen) atoms. The zero-order valence-corrected chi connectivity index (χ0v) is 3.18. The predicted molar refractivity (Wildman–Crippen MR) is 14.4 cm³/mol. The van der Waals surface area contributed by atoms with E-state index in [9.17, 15) is 13.2 Å². The molecule has 0 nitrogen and oxygen atoms in total. The van der Waals surface area contributed by atoms with Gasteiger partial charge in [-0.3, -0.25) is 4.70 Å². The van der Waals surface area contributed by atoms with Gasteiger partial charge < -0.3 is 0 Å². The topological polar surface area (TPSA) is 0 Å². The van der Waals surface area contributed by atoms with E-state index in [1.165, 1.54) is 0 Å². The highest BCUT2D eigenvalue weighted by Crippen LogP contribution is 2.18. The Morgan fingerprint density at radius 1 is 1.17 bits per heavy atom. The minimum atomic E-state index is -4.53. The van der Waals surface area contributed by atoms with E-state index in [1.54, 1.807) is 0 Å². The van der Waals surface area contributed by atoms with Gasteiger partial charge in [-0.25, -0.2) is 0 Å². The molecule has 0 amide bonds. The highest BCUT2D eigenvalue weighted by atomic mass is 35.5. The van der Waals surface area contributed by atoms with Crippen LogP contribution in [0.5, 0.6) is 0 Å². The molecule has 0 aliphatic heterocycles. The van der Waals surface area contributed by atoms with E-state index in [1.807, 2.05) is 0 Å². The van der Waals surface area contributed by atoms with Gasteiger partial charge in [0.05, 0.1) is 0 Å². The highest BCUT2D eigenvalue weighted by Gasteiger charge is 2.20. The van der Waals surface area contributed by atoms with Crippen molar-refractivity contribution in [3.8, 4) is 0 Å². The lowest BCUT2D eigenvalue weighted by Crippen LogP contribution is -1.89. The van der Waals surface area contributed by atoms with Gasteiger partial charge in [-0.15, -0.1) is 0 Å². The third kappa shape index (κ3) is 363000. The van der Waals surface area contributed by atoms with Crippen molar-refractivity contribution >= 4 is 11.6 Å². The van der Waals surface area contributed by atoms with Crippen molar-refractivity contribution < 1.29 is 17.9 Å². The van der Waals surface area contributed by atoms with Gasteiger partial charge >= 0.3 is 5.64 Å². The number of alkyl halides is 4. The summed E-state index contributed by atoms with van der Waals surface area (Å²) in [7, 11) is 0. The maximum Gasteiger partial charge on any atom is 0.475 e. The lowest BCUT2D eigenvalue weighted by molar-refractivity contribution is -0.0420. The second-order valence-electron chi connectivity index (χ2n) is 0.429. The Balaban J connectivity index is 0. The standard InChI is InChI=1S/CClF3.FH/c2-1(3,4)5;/h;1H. The molecule has 0 aliphatic rings. The van der Waals surface area contributed by atoms with E-state index in [0.717, 1.165) is 0 Å². The molecule has 0 aromatic rings. The monoisotopic (exact) mass is 124 g/mol. The van der Waals surface area contributed by atoms with Crippen molar-refractivity contribution in [2.75, 3.05) is 0 Å². The minimum Gasteiger partial charge on any atom is -0.269 e. The molecule has 0 saturated heterocycles. The molecule has 0 aliphatic carbocycles. The first-order valence-electron chi connectivity index (χ1n) is 0.756. The van der Waals surface area contributed by atoms with E-state index < -0.39 is 5.64 Å². The molecule has 40 valence electrons. The molecule has 0 rings (SSSR count). The SMILES string of the molecule is F.FC(F)(F)Cl. The first kappa shape index (κ1) is 9.38. The maximum atomic E-state index is 10.1. The summed E-state index contributed by atoms with van der Waals surface area (Å²) in [4.78, 5) is 0. The molecule has 0 aromatic heterocycles. The van der Waals surface area contributed by atoms with Crippen LogP contribution in [0.1, 0.15) is 0 Å². The molecule has 0 radical (unpaired) electrons. The maximum absolute atomic E-state index is 10.1. The van der Waals surface area contributed by atoms with Crippen LogP contribution in [0, 0.1) is 0 Å². The number of hydrogen-bond acceptors (Lipinski definition) is 0. The van der Waals surface area contributed by atoms with E-state index in [-0.39, 0.29) is 4.70 Å².